The zero-order valence-corrected chi connectivity index (χ0v) is 15.5. The second-order valence-corrected chi connectivity index (χ2v) is 7.20. The fraction of sp³-hybridized carbons (Fsp3) is 0.211. The minimum atomic E-state index is -0.537. The van der Waals surface area contributed by atoms with Crippen molar-refractivity contribution in [1.29, 1.82) is 0 Å². The SMILES string of the molecule is COc1ccc(C)cc1-n1c(S[C@H](C)C(N)=O)nc2ccccc2c1=O. The monoisotopic (exact) mass is 369 g/mol. The molecule has 1 heterocycles. The number of benzene rings is 2. The van der Waals surface area contributed by atoms with Gasteiger partial charge < -0.3 is 10.5 Å². The predicted molar refractivity (Wildman–Crippen MR) is 103 cm³/mol. The van der Waals surface area contributed by atoms with Crippen LogP contribution in [0, 0.1) is 6.92 Å². The highest BCUT2D eigenvalue weighted by atomic mass is 32.2. The first-order chi connectivity index (χ1) is 12.4. The number of carbonyl (C=O) groups excluding carboxylic acids is 1. The van der Waals surface area contributed by atoms with E-state index in [4.69, 9.17) is 10.5 Å². The molecular weight excluding hydrogens is 350 g/mol. The molecule has 134 valence electrons. The Kier molecular flexibility index (Phi) is 4.99. The van der Waals surface area contributed by atoms with Crippen molar-refractivity contribution in [1.82, 2.24) is 9.55 Å². The number of aromatic nitrogens is 2. The highest BCUT2D eigenvalue weighted by molar-refractivity contribution is 8.00. The number of nitrogens with zero attached hydrogens (tertiary/aromatic N) is 2. The maximum absolute atomic E-state index is 13.2. The number of hydrogen-bond acceptors (Lipinski definition) is 5. The van der Waals surface area contributed by atoms with Crippen molar-refractivity contribution < 1.29 is 9.53 Å². The molecule has 2 N–H and O–H groups in total. The quantitative estimate of drug-likeness (QED) is 0.552. The van der Waals surface area contributed by atoms with Gasteiger partial charge in [-0.15, -0.1) is 0 Å². The molecule has 1 atom stereocenters. The summed E-state index contributed by atoms with van der Waals surface area (Å²) in [4.78, 5) is 29.4. The molecule has 3 rings (SSSR count). The smallest absolute Gasteiger partial charge is 0.266 e. The van der Waals surface area contributed by atoms with Crippen molar-refractivity contribution in [2.24, 2.45) is 5.73 Å². The number of para-hydroxylation sites is 1. The fourth-order valence-corrected chi connectivity index (χ4v) is 3.46. The summed E-state index contributed by atoms with van der Waals surface area (Å²) in [5.41, 5.74) is 7.30. The maximum Gasteiger partial charge on any atom is 0.266 e. The number of carbonyl (C=O) groups is 1. The Morgan fingerprint density at radius 3 is 2.69 bits per heavy atom. The summed E-state index contributed by atoms with van der Waals surface area (Å²) in [5.74, 6) is 0.0727. The standard InChI is InChI=1S/C19H19N3O3S/c1-11-8-9-16(25-3)15(10-11)22-18(24)13-6-4-5-7-14(13)21-19(22)26-12(2)17(20)23/h4-10,12H,1-3H3,(H2,20,23)/t12-/m1/s1. The number of thioether (sulfide) groups is 1. The van der Waals surface area contributed by atoms with E-state index in [0.29, 0.717) is 27.5 Å². The summed E-state index contributed by atoms with van der Waals surface area (Å²) in [7, 11) is 1.55. The van der Waals surface area contributed by atoms with Crippen molar-refractivity contribution >= 4 is 28.6 Å². The normalized spacial score (nSPS) is 12.1. The molecule has 1 aromatic heterocycles. The Morgan fingerprint density at radius 1 is 1.27 bits per heavy atom. The first-order valence-electron chi connectivity index (χ1n) is 8.05. The van der Waals surface area contributed by atoms with Gasteiger partial charge in [-0.05, 0) is 43.7 Å². The number of nitrogens with two attached hydrogens (primary N) is 1. The van der Waals surface area contributed by atoms with Gasteiger partial charge in [0.05, 0.1) is 29.0 Å². The van der Waals surface area contributed by atoms with Gasteiger partial charge >= 0.3 is 0 Å². The first kappa shape index (κ1) is 18.0. The van der Waals surface area contributed by atoms with Gasteiger partial charge in [0.25, 0.3) is 5.56 Å². The lowest BCUT2D eigenvalue weighted by Gasteiger charge is -2.17. The maximum atomic E-state index is 13.2. The lowest BCUT2D eigenvalue weighted by atomic mass is 10.2. The second kappa shape index (κ2) is 7.21. The molecule has 0 fully saturated rings. The van der Waals surface area contributed by atoms with Gasteiger partial charge in [-0.2, -0.15) is 0 Å². The van der Waals surface area contributed by atoms with Crippen LogP contribution in [0.15, 0.2) is 52.4 Å². The number of amides is 1. The average molecular weight is 369 g/mol. The Balaban J connectivity index is 2.35. The van der Waals surface area contributed by atoms with E-state index in [9.17, 15) is 9.59 Å². The van der Waals surface area contributed by atoms with Crippen LogP contribution in [-0.2, 0) is 4.79 Å². The van der Waals surface area contributed by atoms with Crippen molar-refractivity contribution in [2.75, 3.05) is 7.11 Å². The van der Waals surface area contributed by atoms with E-state index < -0.39 is 11.2 Å². The number of rotatable bonds is 5. The minimum absolute atomic E-state index is 0.223. The topological polar surface area (TPSA) is 87.2 Å². The highest BCUT2D eigenvalue weighted by Gasteiger charge is 2.20. The molecule has 26 heavy (non-hydrogen) atoms. The lowest BCUT2D eigenvalue weighted by molar-refractivity contribution is -0.117. The Hall–Kier alpha value is -2.80. The Bertz CT molecular complexity index is 1050. The van der Waals surface area contributed by atoms with Gasteiger partial charge in [-0.25, -0.2) is 4.98 Å². The minimum Gasteiger partial charge on any atom is -0.495 e. The molecule has 0 spiro atoms. The summed E-state index contributed by atoms with van der Waals surface area (Å²) in [5, 5.41) is 0.348. The molecule has 0 aliphatic rings. The average Bonchev–Trinajstić information content (AvgIpc) is 2.62. The molecule has 0 saturated heterocycles. The van der Waals surface area contributed by atoms with E-state index in [-0.39, 0.29) is 5.56 Å². The van der Waals surface area contributed by atoms with Crippen LogP contribution < -0.4 is 16.0 Å². The predicted octanol–water partition coefficient (Wildman–Crippen LogP) is 2.67. The number of hydrogen-bond donors (Lipinski definition) is 1. The molecule has 7 heteroatoms. The van der Waals surface area contributed by atoms with Crippen molar-refractivity contribution in [3.63, 3.8) is 0 Å². The van der Waals surface area contributed by atoms with E-state index in [1.54, 1.807) is 38.3 Å². The Labute approximate surface area is 155 Å². The number of fused-ring (bicyclic) bond motifs is 1. The van der Waals surface area contributed by atoms with Crippen LogP contribution in [0.5, 0.6) is 5.75 Å². The number of ether oxygens (including phenoxy) is 1. The van der Waals surface area contributed by atoms with Gasteiger partial charge in [0.15, 0.2) is 5.16 Å². The summed E-state index contributed by atoms with van der Waals surface area (Å²) >= 11 is 1.15. The molecule has 0 aliphatic carbocycles. The molecule has 3 aromatic rings. The number of primary amides is 1. The summed E-state index contributed by atoms with van der Waals surface area (Å²) < 4.78 is 6.93. The van der Waals surface area contributed by atoms with Crippen molar-refractivity contribution in [3.05, 3.63) is 58.4 Å². The van der Waals surface area contributed by atoms with E-state index >= 15 is 0 Å². The van der Waals surface area contributed by atoms with Gasteiger partial charge in [-0.3, -0.25) is 14.2 Å². The van der Waals surface area contributed by atoms with Gasteiger partial charge in [-0.1, -0.05) is 30.0 Å². The molecule has 6 nitrogen and oxygen atoms in total. The molecule has 1 amide bonds. The van der Waals surface area contributed by atoms with Gasteiger partial charge in [0, 0.05) is 0 Å². The van der Waals surface area contributed by atoms with Gasteiger partial charge in [0.2, 0.25) is 5.91 Å². The highest BCUT2D eigenvalue weighted by Crippen LogP contribution is 2.29. The summed E-state index contributed by atoms with van der Waals surface area (Å²) in [6.45, 7) is 3.62. The first-order valence-corrected chi connectivity index (χ1v) is 8.93. The van der Waals surface area contributed by atoms with Crippen LogP contribution in [0.3, 0.4) is 0 Å². The largest absolute Gasteiger partial charge is 0.495 e. The van der Waals surface area contributed by atoms with Crippen molar-refractivity contribution in [2.45, 2.75) is 24.3 Å². The van der Waals surface area contributed by atoms with E-state index in [2.05, 4.69) is 4.98 Å². The third kappa shape index (κ3) is 3.30. The summed E-state index contributed by atoms with van der Waals surface area (Å²) in [6, 6.07) is 12.7. The number of aryl methyl sites for hydroxylation is 1. The van der Waals surface area contributed by atoms with Crippen LogP contribution in [0.1, 0.15) is 12.5 Å². The Morgan fingerprint density at radius 2 is 2.00 bits per heavy atom. The van der Waals surface area contributed by atoms with E-state index in [1.165, 1.54) is 4.57 Å². The molecule has 0 aliphatic heterocycles. The van der Waals surface area contributed by atoms with Crippen LogP contribution in [0.2, 0.25) is 0 Å². The van der Waals surface area contributed by atoms with E-state index in [1.807, 2.05) is 25.1 Å². The molecule has 0 bridgehead atoms. The third-order valence-electron chi connectivity index (χ3n) is 4.00. The molecule has 0 unspecified atom stereocenters. The van der Waals surface area contributed by atoms with Crippen LogP contribution in [0.25, 0.3) is 16.6 Å². The zero-order valence-electron chi connectivity index (χ0n) is 14.7. The zero-order chi connectivity index (χ0) is 18.8. The van der Waals surface area contributed by atoms with Crippen LogP contribution >= 0.6 is 11.8 Å². The molecule has 2 aromatic carbocycles. The lowest BCUT2D eigenvalue weighted by Crippen LogP contribution is -2.26. The summed E-state index contributed by atoms with van der Waals surface area (Å²) in [6.07, 6.45) is 0. The van der Waals surface area contributed by atoms with Crippen molar-refractivity contribution in [3.8, 4) is 11.4 Å². The third-order valence-corrected chi connectivity index (χ3v) is 5.07. The molecule has 0 saturated carbocycles. The molecular formula is C19H19N3O3S. The van der Waals surface area contributed by atoms with Gasteiger partial charge in [0.1, 0.15) is 5.75 Å². The van der Waals surface area contributed by atoms with E-state index in [0.717, 1.165) is 17.3 Å². The second-order valence-electron chi connectivity index (χ2n) is 5.89. The fourth-order valence-electron chi connectivity index (χ4n) is 2.59. The number of methoxy groups -OCH3 is 1. The molecule has 0 radical (unpaired) electrons. The van der Waals surface area contributed by atoms with Crippen LogP contribution in [0.4, 0.5) is 0 Å². The van der Waals surface area contributed by atoms with Crippen LogP contribution in [-0.4, -0.2) is 27.8 Å².